The lowest BCUT2D eigenvalue weighted by Crippen LogP contribution is -2.27. The minimum absolute atomic E-state index is 0.00208. The van der Waals surface area contributed by atoms with E-state index in [0.717, 1.165) is 29.5 Å². The van der Waals surface area contributed by atoms with Crippen molar-refractivity contribution >= 4 is 17.5 Å². The van der Waals surface area contributed by atoms with Crippen molar-refractivity contribution in [2.45, 2.75) is 44.9 Å². The molecule has 1 aliphatic rings. The Morgan fingerprint density at radius 1 is 1.03 bits per heavy atom. The molecule has 160 valence electrons. The highest BCUT2D eigenvalue weighted by Crippen LogP contribution is 2.35. The third-order valence-electron chi connectivity index (χ3n) is 5.99. The number of nitrogens with zero attached hydrogens (tertiary/aromatic N) is 1. The monoisotopic (exact) mass is 435 g/mol. The maximum Gasteiger partial charge on any atom is 0.254 e. The van der Waals surface area contributed by atoms with E-state index in [9.17, 15) is 15.0 Å². The molecule has 31 heavy (non-hydrogen) atoms. The lowest BCUT2D eigenvalue weighted by Gasteiger charge is -2.26. The van der Waals surface area contributed by atoms with Crippen molar-refractivity contribution in [1.82, 2.24) is 4.90 Å². The van der Waals surface area contributed by atoms with Gasteiger partial charge in [0.1, 0.15) is 5.75 Å². The van der Waals surface area contributed by atoms with Crippen LogP contribution in [0.3, 0.4) is 0 Å². The van der Waals surface area contributed by atoms with Crippen LogP contribution in [0.1, 0.15) is 52.4 Å². The van der Waals surface area contributed by atoms with Gasteiger partial charge in [-0.15, -0.1) is 0 Å². The lowest BCUT2D eigenvalue weighted by atomic mass is 9.88. The number of hydrogen-bond acceptors (Lipinski definition) is 3. The van der Waals surface area contributed by atoms with Crippen LogP contribution in [-0.2, 0) is 25.1 Å². The molecule has 0 spiro atoms. The molecule has 0 radical (unpaired) electrons. The summed E-state index contributed by atoms with van der Waals surface area (Å²) in [5.41, 5.74) is 3.06. The van der Waals surface area contributed by atoms with E-state index < -0.39 is 5.60 Å². The molecular formula is C26H26ClNO3. The largest absolute Gasteiger partial charge is 0.508 e. The second-order valence-electron chi connectivity index (χ2n) is 8.42. The zero-order valence-electron chi connectivity index (χ0n) is 17.5. The zero-order chi connectivity index (χ0) is 22.0. The first-order chi connectivity index (χ1) is 14.8. The van der Waals surface area contributed by atoms with Crippen molar-refractivity contribution in [3.05, 3.63) is 99.6 Å². The van der Waals surface area contributed by atoms with Gasteiger partial charge in [0, 0.05) is 29.2 Å². The third-order valence-corrected chi connectivity index (χ3v) is 6.25. The summed E-state index contributed by atoms with van der Waals surface area (Å²) in [7, 11) is 0. The van der Waals surface area contributed by atoms with E-state index in [-0.39, 0.29) is 11.7 Å². The molecular weight excluding hydrogens is 410 g/mol. The Labute approximate surface area is 187 Å². The molecule has 0 saturated heterocycles. The van der Waals surface area contributed by atoms with Crippen LogP contribution >= 0.6 is 11.6 Å². The van der Waals surface area contributed by atoms with Crippen LogP contribution in [0.15, 0.2) is 66.7 Å². The number of hydrogen-bond donors (Lipinski definition) is 2. The highest BCUT2D eigenvalue weighted by Gasteiger charge is 2.29. The number of aromatic hydroxyl groups is 1. The van der Waals surface area contributed by atoms with Gasteiger partial charge in [0.05, 0.1) is 5.60 Å². The number of rotatable bonds is 6. The van der Waals surface area contributed by atoms with E-state index in [0.29, 0.717) is 35.7 Å². The summed E-state index contributed by atoms with van der Waals surface area (Å²) in [5.74, 6) is -0.104. The Balaban J connectivity index is 1.46. The van der Waals surface area contributed by atoms with Gasteiger partial charge in [-0.05, 0) is 73.2 Å². The Morgan fingerprint density at radius 3 is 2.32 bits per heavy atom. The maximum absolute atomic E-state index is 13.1. The molecule has 1 aliphatic heterocycles. The van der Waals surface area contributed by atoms with Gasteiger partial charge in [0.25, 0.3) is 5.91 Å². The van der Waals surface area contributed by atoms with E-state index in [1.165, 1.54) is 6.07 Å². The van der Waals surface area contributed by atoms with Crippen molar-refractivity contribution in [1.29, 1.82) is 0 Å². The quantitative estimate of drug-likeness (QED) is 0.542. The molecule has 2 N–H and O–H groups in total. The van der Waals surface area contributed by atoms with Gasteiger partial charge in [-0.3, -0.25) is 4.79 Å². The summed E-state index contributed by atoms with van der Waals surface area (Å²) in [6.45, 7) is 2.83. The number of halogens is 1. The summed E-state index contributed by atoms with van der Waals surface area (Å²) in [4.78, 5) is 14.9. The molecule has 4 nitrogen and oxygen atoms in total. The van der Waals surface area contributed by atoms with Crippen molar-refractivity contribution in [2.24, 2.45) is 0 Å². The SMILES string of the molecule is CC(O)(CCCc1ccc(Cl)cc1)c1cc(C(=O)N2Cc3ccccc3C2)ccc1O. The molecule has 0 aromatic heterocycles. The highest BCUT2D eigenvalue weighted by atomic mass is 35.5. The molecule has 0 fully saturated rings. The van der Waals surface area contributed by atoms with E-state index >= 15 is 0 Å². The number of carbonyl (C=O) groups excluding carboxylic acids is 1. The second kappa shape index (κ2) is 8.74. The van der Waals surface area contributed by atoms with Crippen molar-refractivity contribution in [3.8, 4) is 5.75 Å². The number of aryl methyl sites for hydroxylation is 1. The highest BCUT2D eigenvalue weighted by molar-refractivity contribution is 6.30. The second-order valence-corrected chi connectivity index (χ2v) is 8.85. The van der Waals surface area contributed by atoms with E-state index in [4.69, 9.17) is 11.6 Å². The molecule has 1 atom stereocenters. The first kappa shape index (κ1) is 21.4. The molecule has 0 bridgehead atoms. The number of phenolic OH excluding ortho intramolecular Hbond substituents is 1. The third kappa shape index (κ3) is 4.76. The molecule has 4 rings (SSSR count). The summed E-state index contributed by atoms with van der Waals surface area (Å²) < 4.78 is 0. The standard InChI is InChI=1S/C26H26ClNO3/c1-26(31,14-4-5-18-8-11-22(27)12-9-18)23-15-19(10-13-24(23)29)25(30)28-16-20-6-2-3-7-21(20)17-28/h2-3,6-13,15,29,31H,4-5,14,16-17H2,1H3. The van der Waals surface area contributed by atoms with Crippen molar-refractivity contribution in [2.75, 3.05) is 0 Å². The maximum atomic E-state index is 13.1. The van der Waals surface area contributed by atoms with E-state index in [1.807, 2.05) is 48.5 Å². The minimum Gasteiger partial charge on any atom is -0.508 e. The first-order valence-electron chi connectivity index (χ1n) is 10.5. The Morgan fingerprint density at radius 2 is 1.68 bits per heavy atom. The summed E-state index contributed by atoms with van der Waals surface area (Å²) in [6, 6.07) is 20.4. The van der Waals surface area contributed by atoms with Crippen LogP contribution in [0.5, 0.6) is 5.75 Å². The number of fused-ring (bicyclic) bond motifs is 1. The van der Waals surface area contributed by atoms with Gasteiger partial charge in [-0.25, -0.2) is 0 Å². The summed E-state index contributed by atoms with van der Waals surface area (Å²) in [5, 5.41) is 22.2. The Kier molecular flexibility index (Phi) is 6.03. The fourth-order valence-corrected chi connectivity index (χ4v) is 4.31. The van der Waals surface area contributed by atoms with Crippen molar-refractivity contribution < 1.29 is 15.0 Å². The number of aliphatic hydroxyl groups is 1. The number of amides is 1. The average Bonchev–Trinajstić information content (AvgIpc) is 3.19. The predicted octanol–water partition coefficient (Wildman–Crippen LogP) is 5.43. The average molecular weight is 436 g/mol. The van der Waals surface area contributed by atoms with E-state index in [2.05, 4.69) is 0 Å². The van der Waals surface area contributed by atoms with Crippen molar-refractivity contribution in [3.63, 3.8) is 0 Å². The summed E-state index contributed by atoms with van der Waals surface area (Å²) >= 11 is 5.93. The number of carbonyl (C=O) groups is 1. The minimum atomic E-state index is -1.25. The predicted molar refractivity (Wildman–Crippen MR) is 122 cm³/mol. The molecule has 0 saturated carbocycles. The molecule has 3 aromatic carbocycles. The normalized spacial score (nSPS) is 14.9. The Bertz CT molecular complexity index is 1070. The van der Waals surface area contributed by atoms with Crippen LogP contribution in [0.4, 0.5) is 0 Å². The molecule has 3 aromatic rings. The van der Waals surface area contributed by atoms with Gasteiger partial charge in [0.2, 0.25) is 0 Å². The zero-order valence-corrected chi connectivity index (χ0v) is 18.3. The summed E-state index contributed by atoms with van der Waals surface area (Å²) in [6.07, 6.45) is 1.97. The molecule has 1 heterocycles. The van der Waals surface area contributed by atoms with Gasteiger partial charge < -0.3 is 15.1 Å². The first-order valence-corrected chi connectivity index (χ1v) is 10.9. The molecule has 5 heteroatoms. The smallest absolute Gasteiger partial charge is 0.254 e. The van der Waals surface area contributed by atoms with Gasteiger partial charge >= 0.3 is 0 Å². The molecule has 1 amide bonds. The van der Waals surface area contributed by atoms with E-state index in [1.54, 1.807) is 24.0 Å². The molecule has 0 aliphatic carbocycles. The topological polar surface area (TPSA) is 60.8 Å². The van der Waals surface area contributed by atoms with Crippen LogP contribution in [-0.4, -0.2) is 21.0 Å². The van der Waals surface area contributed by atoms with Crippen LogP contribution < -0.4 is 0 Å². The fraction of sp³-hybridized carbons (Fsp3) is 0.269. The number of phenols is 1. The fourth-order valence-electron chi connectivity index (χ4n) is 4.18. The lowest BCUT2D eigenvalue weighted by molar-refractivity contribution is 0.0432. The molecule has 1 unspecified atom stereocenters. The van der Waals surface area contributed by atoms with Gasteiger partial charge in [0.15, 0.2) is 0 Å². The van der Waals surface area contributed by atoms with Crippen LogP contribution in [0.2, 0.25) is 5.02 Å². The van der Waals surface area contributed by atoms with Crippen LogP contribution in [0.25, 0.3) is 0 Å². The van der Waals surface area contributed by atoms with Gasteiger partial charge in [-0.1, -0.05) is 48.0 Å². The van der Waals surface area contributed by atoms with Crippen LogP contribution in [0, 0.1) is 0 Å². The van der Waals surface area contributed by atoms with Gasteiger partial charge in [-0.2, -0.15) is 0 Å². The number of benzene rings is 3. The Hall–Kier alpha value is -2.82.